The van der Waals surface area contributed by atoms with Crippen LogP contribution in [0, 0.1) is 0 Å². The molecule has 0 unspecified atom stereocenters. The maximum Gasteiger partial charge on any atom is 0.365 e. The first-order valence-electron chi connectivity index (χ1n) is 4.97. The minimum Gasteiger partial charge on any atom is -0.508 e. The fraction of sp³-hybridized carbons (Fsp3) is 0. The number of amides is 2. The third-order valence-electron chi connectivity index (χ3n) is 1.99. The van der Waals surface area contributed by atoms with Gasteiger partial charge in [-0.15, -0.1) is 10.2 Å². The Morgan fingerprint density at radius 1 is 1.39 bits per heavy atom. The number of carbonyl (C=O) groups excluding carboxylic acids is 1. The Bertz CT molecular complexity index is 589. The van der Waals surface area contributed by atoms with Crippen molar-refractivity contribution in [1.82, 2.24) is 5.32 Å². The number of phenolic OH excluding ortho intramolecular Hbond substituents is 1. The molecule has 0 radical (unpaired) electrons. The molecule has 0 fully saturated rings. The maximum absolute atomic E-state index is 10.9. The number of hydrogen-bond acceptors (Lipinski definition) is 5. The molecule has 0 atom stereocenters. The molecule has 0 spiro atoms. The molecule has 0 bridgehead atoms. The number of aromatic hydroxyl groups is 1. The lowest BCUT2D eigenvalue weighted by atomic mass is 10.2. The summed E-state index contributed by atoms with van der Waals surface area (Å²) in [6.07, 6.45) is 1.43. The van der Waals surface area contributed by atoms with Crippen LogP contribution in [0.4, 0.5) is 4.79 Å². The van der Waals surface area contributed by atoms with E-state index in [4.69, 9.17) is 0 Å². The fourth-order valence-electron chi connectivity index (χ4n) is 1.19. The predicted octanol–water partition coefficient (Wildman–Crippen LogP) is 1.81. The molecule has 0 aliphatic carbocycles. The number of urea groups is 1. The number of azo groups is 1. The Hall–Kier alpha value is -2.83. The Kier molecular flexibility index (Phi) is 3.24. The second kappa shape index (κ2) is 5.00. The zero-order chi connectivity index (χ0) is 13.0. The molecule has 1 aliphatic heterocycles. The van der Waals surface area contributed by atoms with Gasteiger partial charge in [0.05, 0.1) is 6.21 Å². The fourth-order valence-corrected chi connectivity index (χ4v) is 1.19. The summed E-state index contributed by atoms with van der Waals surface area (Å²) in [5, 5.41) is 25.9. The summed E-state index contributed by atoms with van der Waals surface area (Å²) in [6, 6.07) is 5.88. The van der Waals surface area contributed by atoms with Crippen LogP contribution in [-0.2, 0) is 0 Å². The second-order valence-corrected chi connectivity index (χ2v) is 3.37. The summed E-state index contributed by atoms with van der Waals surface area (Å²) in [6.45, 7) is 3.55. The van der Waals surface area contributed by atoms with Gasteiger partial charge in [0, 0.05) is 0 Å². The van der Waals surface area contributed by atoms with Gasteiger partial charge < -0.3 is 5.11 Å². The highest BCUT2D eigenvalue weighted by Gasteiger charge is 2.13. The summed E-state index contributed by atoms with van der Waals surface area (Å²) in [5.41, 5.74) is 0.899. The van der Waals surface area contributed by atoms with Crippen molar-refractivity contribution in [2.45, 2.75) is 0 Å². The topological polar surface area (TPSA) is 98.8 Å². The SMILES string of the molecule is C=C1N=NC(=O)N/C1=N/N=C/c1cccc(O)c1. The van der Waals surface area contributed by atoms with Gasteiger partial charge in [-0.1, -0.05) is 23.8 Å². The first-order chi connectivity index (χ1) is 8.65. The minimum absolute atomic E-state index is 0.135. The number of phenols is 1. The van der Waals surface area contributed by atoms with Gasteiger partial charge in [0.15, 0.2) is 5.84 Å². The van der Waals surface area contributed by atoms with Crippen molar-refractivity contribution in [2.24, 2.45) is 20.4 Å². The number of rotatable bonds is 2. The van der Waals surface area contributed by atoms with E-state index in [1.807, 2.05) is 0 Å². The van der Waals surface area contributed by atoms with Crippen LogP contribution >= 0.6 is 0 Å². The van der Waals surface area contributed by atoms with E-state index >= 15 is 0 Å². The number of nitrogens with zero attached hydrogens (tertiary/aromatic N) is 4. The van der Waals surface area contributed by atoms with Crippen LogP contribution < -0.4 is 5.32 Å². The molecule has 0 saturated carbocycles. The number of amidine groups is 1. The van der Waals surface area contributed by atoms with Gasteiger partial charge in [-0.25, -0.2) is 4.79 Å². The first-order valence-corrected chi connectivity index (χ1v) is 4.97. The third-order valence-corrected chi connectivity index (χ3v) is 1.99. The molecule has 90 valence electrons. The lowest BCUT2D eigenvalue weighted by molar-refractivity contribution is 0.251. The quantitative estimate of drug-likeness (QED) is 0.611. The van der Waals surface area contributed by atoms with E-state index in [1.165, 1.54) is 12.3 Å². The van der Waals surface area contributed by atoms with Crippen molar-refractivity contribution < 1.29 is 9.90 Å². The average molecular weight is 243 g/mol. The van der Waals surface area contributed by atoms with E-state index in [9.17, 15) is 9.90 Å². The lowest BCUT2D eigenvalue weighted by Crippen LogP contribution is -2.31. The first kappa shape index (κ1) is 11.6. The van der Waals surface area contributed by atoms with E-state index < -0.39 is 6.03 Å². The van der Waals surface area contributed by atoms with Gasteiger partial charge in [0.25, 0.3) is 0 Å². The van der Waals surface area contributed by atoms with Crippen LogP contribution in [0.3, 0.4) is 0 Å². The van der Waals surface area contributed by atoms with Crippen molar-refractivity contribution in [3.63, 3.8) is 0 Å². The number of hydrogen-bond donors (Lipinski definition) is 2. The van der Waals surface area contributed by atoms with Crippen molar-refractivity contribution in [3.8, 4) is 5.75 Å². The zero-order valence-electron chi connectivity index (χ0n) is 9.24. The average Bonchev–Trinajstić information content (AvgIpc) is 2.34. The van der Waals surface area contributed by atoms with E-state index in [2.05, 4.69) is 32.3 Å². The highest BCUT2D eigenvalue weighted by atomic mass is 16.3. The molecule has 1 heterocycles. The van der Waals surface area contributed by atoms with Gasteiger partial charge in [-0.2, -0.15) is 5.10 Å². The maximum atomic E-state index is 10.9. The Balaban J connectivity index is 2.13. The molecule has 2 amide bonds. The molecular formula is C11H9N5O2. The number of nitrogens with one attached hydrogen (secondary N) is 1. The van der Waals surface area contributed by atoms with Crippen molar-refractivity contribution in [2.75, 3.05) is 0 Å². The van der Waals surface area contributed by atoms with Crippen LogP contribution in [0.25, 0.3) is 0 Å². The standard InChI is InChI=1S/C11H9N5O2/c1-7-10(13-11(18)16-14-7)15-12-6-8-3-2-4-9(17)5-8/h2-6,17H,1H2,(H,13,15,18)/b12-6+. The smallest absolute Gasteiger partial charge is 0.365 e. The van der Waals surface area contributed by atoms with Crippen molar-refractivity contribution in [3.05, 3.63) is 42.1 Å². The van der Waals surface area contributed by atoms with E-state index in [-0.39, 0.29) is 17.3 Å². The normalized spacial score (nSPS) is 17.4. The molecule has 2 rings (SSSR count). The highest BCUT2D eigenvalue weighted by molar-refractivity contribution is 6.08. The van der Waals surface area contributed by atoms with Gasteiger partial charge >= 0.3 is 6.03 Å². The van der Waals surface area contributed by atoms with Crippen molar-refractivity contribution >= 4 is 18.1 Å². The molecule has 1 aromatic rings. The molecule has 7 nitrogen and oxygen atoms in total. The van der Waals surface area contributed by atoms with E-state index in [0.717, 1.165) is 0 Å². The van der Waals surface area contributed by atoms with Gasteiger partial charge in [-0.3, -0.25) is 5.32 Å². The molecule has 1 aliphatic rings. The molecule has 0 aromatic heterocycles. The van der Waals surface area contributed by atoms with Gasteiger partial charge in [-0.05, 0) is 17.7 Å². The second-order valence-electron chi connectivity index (χ2n) is 3.37. The lowest BCUT2D eigenvalue weighted by Gasteiger charge is -2.06. The summed E-state index contributed by atoms with van der Waals surface area (Å²) < 4.78 is 0. The molecule has 7 heteroatoms. The summed E-state index contributed by atoms with van der Waals surface area (Å²) >= 11 is 0. The largest absolute Gasteiger partial charge is 0.508 e. The van der Waals surface area contributed by atoms with Crippen LogP contribution in [0.2, 0.25) is 0 Å². The third kappa shape index (κ3) is 2.85. The molecule has 18 heavy (non-hydrogen) atoms. The minimum atomic E-state index is -0.617. The predicted molar refractivity (Wildman–Crippen MR) is 65.7 cm³/mol. The van der Waals surface area contributed by atoms with E-state index in [0.29, 0.717) is 5.56 Å². The van der Waals surface area contributed by atoms with E-state index in [1.54, 1.807) is 18.2 Å². The summed E-state index contributed by atoms with van der Waals surface area (Å²) in [5.74, 6) is 0.280. The van der Waals surface area contributed by atoms with Gasteiger partial charge in [0.1, 0.15) is 11.4 Å². The van der Waals surface area contributed by atoms with Crippen LogP contribution in [0.5, 0.6) is 5.75 Å². The molecule has 1 aromatic carbocycles. The Morgan fingerprint density at radius 3 is 3.00 bits per heavy atom. The van der Waals surface area contributed by atoms with Crippen LogP contribution in [0.15, 0.2) is 57.0 Å². The number of carbonyl (C=O) groups is 1. The van der Waals surface area contributed by atoms with Crippen LogP contribution in [-0.4, -0.2) is 23.2 Å². The monoisotopic (exact) mass is 243 g/mol. The Labute approximate surface area is 102 Å². The van der Waals surface area contributed by atoms with Crippen LogP contribution in [0.1, 0.15) is 5.56 Å². The Morgan fingerprint density at radius 2 is 2.22 bits per heavy atom. The summed E-state index contributed by atoms with van der Waals surface area (Å²) in [4.78, 5) is 10.9. The molecular weight excluding hydrogens is 234 g/mol. The van der Waals surface area contributed by atoms with Gasteiger partial charge in [0.2, 0.25) is 0 Å². The molecule has 0 saturated heterocycles. The van der Waals surface area contributed by atoms with Crippen molar-refractivity contribution in [1.29, 1.82) is 0 Å². The zero-order valence-corrected chi connectivity index (χ0v) is 9.24. The summed E-state index contributed by atoms with van der Waals surface area (Å²) in [7, 11) is 0. The number of benzene rings is 1. The molecule has 2 N–H and O–H groups in total. The highest BCUT2D eigenvalue weighted by Crippen LogP contribution is 2.09.